The van der Waals surface area contributed by atoms with Crippen molar-refractivity contribution in [3.8, 4) is 0 Å². The molecule has 3 fully saturated rings. The Balaban J connectivity index is 2.13. The second-order valence-electron chi connectivity index (χ2n) is 5.97. The lowest BCUT2D eigenvalue weighted by molar-refractivity contribution is -0.0148. The average molecular weight is 263 g/mol. The molecule has 16 heavy (non-hydrogen) atoms. The second-order valence-corrected chi connectivity index (χ2v) is 8.75. The third-order valence-corrected chi connectivity index (χ3v) is 8.61. The van der Waals surface area contributed by atoms with Gasteiger partial charge in [0.25, 0.3) is 0 Å². The molecule has 3 rings (SSSR count). The fourth-order valence-electron chi connectivity index (χ4n) is 4.64. The summed E-state index contributed by atoms with van der Waals surface area (Å²) in [4.78, 5) is 0. The third-order valence-electron chi connectivity index (χ3n) is 5.34. The minimum Gasteiger partial charge on any atom is -0.227 e. The van der Waals surface area contributed by atoms with Crippen molar-refractivity contribution in [2.24, 2.45) is 10.8 Å². The van der Waals surface area contributed by atoms with Crippen molar-refractivity contribution in [3.63, 3.8) is 0 Å². The largest absolute Gasteiger partial charge is 0.227 e. The first-order valence-electron chi connectivity index (χ1n) is 6.38. The Morgan fingerprint density at radius 2 is 1.44 bits per heavy atom. The highest BCUT2D eigenvalue weighted by atomic mass is 35.5. The molecule has 0 aromatic heterocycles. The lowest BCUT2D eigenvalue weighted by atomic mass is 9.52. The summed E-state index contributed by atoms with van der Waals surface area (Å²) in [5.41, 5.74) is -0.0152. The van der Waals surface area contributed by atoms with Crippen molar-refractivity contribution in [2.75, 3.05) is 5.75 Å². The second kappa shape index (κ2) is 3.38. The Hall–Kier alpha value is 0.240. The van der Waals surface area contributed by atoms with Crippen LogP contribution in [0.2, 0.25) is 0 Å². The summed E-state index contributed by atoms with van der Waals surface area (Å²) in [7, 11) is -3.04. The van der Waals surface area contributed by atoms with E-state index in [9.17, 15) is 8.42 Å². The number of hydrogen-bond donors (Lipinski definition) is 0. The van der Waals surface area contributed by atoms with Crippen molar-refractivity contribution in [1.29, 1.82) is 0 Å². The van der Waals surface area contributed by atoms with Gasteiger partial charge in [0.05, 0.1) is 5.75 Å². The lowest BCUT2D eigenvalue weighted by Crippen LogP contribution is -2.48. The predicted molar refractivity (Wildman–Crippen MR) is 65.2 cm³/mol. The molecule has 1 saturated heterocycles. The van der Waals surface area contributed by atoms with Gasteiger partial charge in [-0.25, -0.2) is 8.42 Å². The van der Waals surface area contributed by atoms with Crippen LogP contribution in [0.5, 0.6) is 0 Å². The summed E-state index contributed by atoms with van der Waals surface area (Å²) in [6, 6.07) is 0. The average Bonchev–Trinajstić information content (AvgIpc) is 2.45. The van der Waals surface area contributed by atoms with Gasteiger partial charge < -0.3 is 0 Å². The number of rotatable bonds is 0. The van der Waals surface area contributed by atoms with Crippen LogP contribution in [0.4, 0.5) is 0 Å². The molecule has 0 spiro atoms. The molecule has 3 aliphatic rings. The Morgan fingerprint density at radius 3 is 1.94 bits per heavy atom. The van der Waals surface area contributed by atoms with E-state index in [2.05, 4.69) is 0 Å². The van der Waals surface area contributed by atoms with Gasteiger partial charge in [-0.05, 0) is 31.1 Å². The zero-order chi connectivity index (χ0) is 11.4. The zero-order valence-corrected chi connectivity index (χ0v) is 11.1. The summed E-state index contributed by atoms with van der Waals surface area (Å²) in [6.45, 7) is 0. The summed E-state index contributed by atoms with van der Waals surface area (Å²) in [5, 5.41) is 0. The number of alkyl halides is 1. The van der Waals surface area contributed by atoms with Crippen LogP contribution < -0.4 is 0 Å². The molecule has 0 bridgehead atoms. The van der Waals surface area contributed by atoms with Crippen molar-refractivity contribution in [1.82, 2.24) is 0 Å². The normalized spacial score (nSPS) is 50.7. The van der Waals surface area contributed by atoms with Gasteiger partial charge in [0.2, 0.25) is 0 Å². The van der Waals surface area contributed by atoms with Crippen molar-refractivity contribution < 1.29 is 8.42 Å². The monoisotopic (exact) mass is 262 g/mol. The van der Waals surface area contributed by atoms with Crippen LogP contribution in [-0.4, -0.2) is 18.9 Å². The Morgan fingerprint density at radius 1 is 0.938 bits per heavy atom. The first-order chi connectivity index (χ1) is 7.53. The molecule has 0 amide bonds. The highest BCUT2D eigenvalue weighted by Gasteiger charge is 2.66. The van der Waals surface area contributed by atoms with Gasteiger partial charge in [0, 0.05) is 5.41 Å². The minimum atomic E-state index is -3.04. The van der Waals surface area contributed by atoms with Crippen molar-refractivity contribution in [2.45, 2.75) is 56.1 Å². The molecule has 1 aliphatic heterocycles. The van der Waals surface area contributed by atoms with Crippen LogP contribution in [0.15, 0.2) is 0 Å². The minimum absolute atomic E-state index is 0.0503. The highest BCUT2D eigenvalue weighted by molar-refractivity contribution is 7.93. The maximum atomic E-state index is 12.2. The van der Waals surface area contributed by atoms with E-state index in [0.29, 0.717) is 5.75 Å². The lowest BCUT2D eigenvalue weighted by Gasteiger charge is -2.52. The van der Waals surface area contributed by atoms with E-state index in [1.165, 1.54) is 25.7 Å². The standard InChI is InChI=1S/C12H19ClO2S/c13-10-12-7-3-1-5-11(12,6-2-4-8-12)9-16(10,14)15/h10H,1-9H2/t10-,11?,12?/m0/s1. The van der Waals surface area contributed by atoms with E-state index in [1.807, 2.05) is 0 Å². The molecule has 0 N–H and O–H groups in total. The van der Waals surface area contributed by atoms with Crippen LogP contribution in [0.3, 0.4) is 0 Å². The van der Waals surface area contributed by atoms with Crippen LogP contribution in [0, 0.1) is 10.8 Å². The topological polar surface area (TPSA) is 34.1 Å². The third kappa shape index (κ3) is 1.22. The molecule has 1 atom stereocenters. The van der Waals surface area contributed by atoms with E-state index >= 15 is 0 Å². The smallest absolute Gasteiger partial charge is 0.168 e. The maximum absolute atomic E-state index is 12.2. The van der Waals surface area contributed by atoms with Crippen LogP contribution >= 0.6 is 11.6 Å². The molecule has 1 heterocycles. The Kier molecular flexibility index (Phi) is 2.39. The van der Waals surface area contributed by atoms with E-state index in [0.717, 1.165) is 25.7 Å². The highest BCUT2D eigenvalue weighted by Crippen LogP contribution is 2.67. The molecule has 2 aliphatic carbocycles. The van der Waals surface area contributed by atoms with Gasteiger partial charge in [0.1, 0.15) is 4.71 Å². The molecule has 0 aromatic rings. The Labute approximate surface area is 103 Å². The first-order valence-corrected chi connectivity index (χ1v) is 8.53. The summed E-state index contributed by atoms with van der Waals surface area (Å²) in [6.07, 6.45) is 8.99. The maximum Gasteiger partial charge on any atom is 0.168 e. The predicted octanol–water partition coefficient (Wildman–Crippen LogP) is 3.10. The SMILES string of the molecule is O=S1(=O)CC23CCCCC2(CCCC3)[C@H]1Cl. The summed E-state index contributed by atoms with van der Waals surface area (Å²) >= 11 is 6.35. The summed E-state index contributed by atoms with van der Waals surface area (Å²) < 4.78 is 23.7. The van der Waals surface area contributed by atoms with Crippen LogP contribution in [-0.2, 0) is 9.84 Å². The molecule has 4 heteroatoms. The van der Waals surface area contributed by atoms with E-state index in [-0.39, 0.29) is 10.8 Å². The number of hydrogen-bond acceptors (Lipinski definition) is 2. The molecular formula is C12H19ClO2S. The zero-order valence-electron chi connectivity index (χ0n) is 9.54. The first kappa shape index (κ1) is 11.3. The molecular weight excluding hydrogens is 244 g/mol. The van der Waals surface area contributed by atoms with E-state index < -0.39 is 14.5 Å². The van der Waals surface area contributed by atoms with Gasteiger partial charge in [-0.1, -0.05) is 25.7 Å². The fraction of sp³-hybridized carbons (Fsp3) is 1.00. The van der Waals surface area contributed by atoms with Crippen molar-refractivity contribution >= 4 is 21.4 Å². The van der Waals surface area contributed by atoms with Gasteiger partial charge in [0.15, 0.2) is 9.84 Å². The summed E-state index contributed by atoms with van der Waals surface area (Å²) in [5.74, 6) is 0.369. The quantitative estimate of drug-likeness (QED) is 0.629. The van der Waals surface area contributed by atoms with Gasteiger partial charge >= 0.3 is 0 Å². The van der Waals surface area contributed by atoms with Gasteiger partial charge in [-0.15, -0.1) is 11.6 Å². The van der Waals surface area contributed by atoms with Crippen LogP contribution in [0.25, 0.3) is 0 Å². The molecule has 0 unspecified atom stereocenters. The van der Waals surface area contributed by atoms with Gasteiger partial charge in [-0.2, -0.15) is 0 Å². The molecule has 92 valence electrons. The number of halogens is 1. The number of sulfone groups is 1. The van der Waals surface area contributed by atoms with E-state index in [4.69, 9.17) is 11.6 Å². The fourth-order valence-corrected chi connectivity index (χ4v) is 7.95. The van der Waals surface area contributed by atoms with Crippen molar-refractivity contribution in [3.05, 3.63) is 0 Å². The molecule has 2 saturated carbocycles. The Bertz CT molecular complexity index is 389. The molecule has 0 aromatic carbocycles. The molecule has 2 nitrogen and oxygen atoms in total. The van der Waals surface area contributed by atoms with Gasteiger partial charge in [-0.3, -0.25) is 0 Å². The van der Waals surface area contributed by atoms with Crippen LogP contribution in [0.1, 0.15) is 51.4 Å². The van der Waals surface area contributed by atoms with E-state index in [1.54, 1.807) is 0 Å². The molecule has 0 radical (unpaired) electrons.